The molecule has 0 saturated heterocycles. The van der Waals surface area contributed by atoms with Crippen molar-refractivity contribution in [2.24, 2.45) is 0 Å². The van der Waals surface area contributed by atoms with Crippen molar-refractivity contribution in [3.8, 4) is 0 Å². The van der Waals surface area contributed by atoms with E-state index in [2.05, 4.69) is 34.0 Å². The number of fused-ring (bicyclic) bond motifs is 1. The molecule has 118 valence electrons. The molecule has 1 aromatic carbocycles. The molecule has 2 heterocycles. The highest BCUT2D eigenvalue weighted by molar-refractivity contribution is 5.92. The van der Waals surface area contributed by atoms with Crippen LogP contribution in [-0.4, -0.2) is 33.9 Å². The number of aryl methyl sites for hydroxylation is 1. The normalized spacial score (nSPS) is 13.3. The number of carbonyl (C=O) groups is 1. The molecular formula is C18H20N4O. The molecule has 0 radical (unpaired) electrons. The summed E-state index contributed by atoms with van der Waals surface area (Å²) >= 11 is 0. The summed E-state index contributed by atoms with van der Waals surface area (Å²) in [5.74, 6) is 0.414. The average Bonchev–Trinajstić information content (AvgIpc) is 2.58. The van der Waals surface area contributed by atoms with Crippen molar-refractivity contribution in [3.05, 3.63) is 65.5 Å². The van der Waals surface area contributed by atoms with Gasteiger partial charge in [0.05, 0.1) is 0 Å². The van der Waals surface area contributed by atoms with Gasteiger partial charge in [-0.1, -0.05) is 30.3 Å². The van der Waals surface area contributed by atoms with E-state index in [1.807, 2.05) is 24.0 Å². The van der Waals surface area contributed by atoms with E-state index < -0.39 is 0 Å². The van der Waals surface area contributed by atoms with Crippen molar-refractivity contribution in [1.82, 2.24) is 14.9 Å². The minimum absolute atomic E-state index is 0.0494. The second-order valence-electron chi connectivity index (χ2n) is 5.63. The number of rotatable bonds is 4. The van der Waals surface area contributed by atoms with Gasteiger partial charge < -0.3 is 10.2 Å². The minimum Gasteiger partial charge on any atom is -0.351 e. The lowest BCUT2D eigenvalue weighted by Gasteiger charge is -2.28. The highest BCUT2D eigenvalue weighted by Crippen LogP contribution is 2.20. The van der Waals surface area contributed by atoms with Crippen molar-refractivity contribution in [3.63, 3.8) is 0 Å². The van der Waals surface area contributed by atoms with Crippen molar-refractivity contribution in [2.75, 3.05) is 18.4 Å². The van der Waals surface area contributed by atoms with E-state index in [1.54, 1.807) is 12.1 Å². The Bertz CT molecular complexity index is 742. The molecule has 1 amide bonds. The maximum Gasteiger partial charge on any atom is 0.272 e. The number of amides is 1. The summed E-state index contributed by atoms with van der Waals surface area (Å²) in [5.41, 5.74) is 3.74. The van der Waals surface area contributed by atoms with Crippen molar-refractivity contribution >= 4 is 11.9 Å². The van der Waals surface area contributed by atoms with Crippen LogP contribution in [0.15, 0.2) is 43.0 Å². The fourth-order valence-electron chi connectivity index (χ4n) is 2.75. The zero-order valence-electron chi connectivity index (χ0n) is 13.2. The zero-order chi connectivity index (χ0) is 16.2. The minimum atomic E-state index is -0.0494. The molecule has 2 aromatic rings. The number of hydrogen-bond acceptors (Lipinski definition) is 4. The van der Waals surface area contributed by atoms with Gasteiger partial charge in [0, 0.05) is 25.3 Å². The van der Waals surface area contributed by atoms with Crippen LogP contribution < -0.4 is 5.32 Å². The standard InChI is InChI=1S/C18H20N4O/c1-3-9-19-18-20-13(2)11-16(21-18)17(23)22-10-8-14-6-4-5-7-15(14)12-22/h3-7,11H,1,8-10,12H2,2H3,(H,19,20,21). The molecule has 0 unspecified atom stereocenters. The number of carbonyl (C=O) groups excluding carboxylic acids is 1. The second-order valence-corrected chi connectivity index (χ2v) is 5.63. The predicted molar refractivity (Wildman–Crippen MR) is 90.3 cm³/mol. The highest BCUT2D eigenvalue weighted by Gasteiger charge is 2.23. The van der Waals surface area contributed by atoms with E-state index >= 15 is 0 Å². The molecule has 0 bridgehead atoms. The quantitative estimate of drug-likeness (QED) is 0.882. The number of nitrogens with one attached hydrogen (secondary N) is 1. The second kappa shape index (κ2) is 6.60. The number of anilines is 1. The lowest BCUT2D eigenvalue weighted by atomic mass is 10.00. The van der Waals surface area contributed by atoms with Crippen molar-refractivity contribution < 1.29 is 4.79 Å². The van der Waals surface area contributed by atoms with Crippen LogP contribution in [0.3, 0.4) is 0 Å². The predicted octanol–water partition coefficient (Wildman–Crippen LogP) is 2.58. The van der Waals surface area contributed by atoms with Gasteiger partial charge in [-0.3, -0.25) is 4.79 Å². The Kier molecular flexibility index (Phi) is 4.37. The van der Waals surface area contributed by atoms with Gasteiger partial charge in [-0.25, -0.2) is 9.97 Å². The third-order valence-corrected chi connectivity index (χ3v) is 3.90. The molecule has 3 rings (SSSR count). The molecular weight excluding hydrogens is 288 g/mol. The van der Waals surface area contributed by atoms with Gasteiger partial charge in [0.2, 0.25) is 5.95 Å². The fraction of sp³-hybridized carbons (Fsp3) is 0.278. The first-order chi connectivity index (χ1) is 11.2. The molecule has 1 aliphatic rings. The zero-order valence-corrected chi connectivity index (χ0v) is 13.2. The monoisotopic (exact) mass is 308 g/mol. The summed E-state index contributed by atoms with van der Waals surface area (Å²) in [4.78, 5) is 23.3. The Hall–Kier alpha value is -2.69. The van der Waals surface area contributed by atoms with Crippen molar-refractivity contribution in [1.29, 1.82) is 0 Å². The van der Waals surface area contributed by atoms with Crippen LogP contribution in [0.25, 0.3) is 0 Å². The number of aromatic nitrogens is 2. The van der Waals surface area contributed by atoms with Gasteiger partial charge in [-0.05, 0) is 30.5 Å². The molecule has 0 atom stereocenters. The topological polar surface area (TPSA) is 58.1 Å². The molecule has 23 heavy (non-hydrogen) atoms. The molecule has 5 nitrogen and oxygen atoms in total. The SMILES string of the molecule is C=CCNc1nc(C)cc(C(=O)N2CCc3ccccc3C2)n1. The van der Waals surface area contributed by atoms with Gasteiger partial charge in [-0.2, -0.15) is 0 Å². The number of nitrogens with zero attached hydrogens (tertiary/aromatic N) is 3. The lowest BCUT2D eigenvalue weighted by molar-refractivity contribution is 0.0728. The Morgan fingerprint density at radius 1 is 1.35 bits per heavy atom. The van der Waals surface area contributed by atoms with E-state index in [0.29, 0.717) is 31.3 Å². The Morgan fingerprint density at radius 2 is 2.13 bits per heavy atom. The molecule has 0 fully saturated rings. The largest absolute Gasteiger partial charge is 0.351 e. The third-order valence-electron chi connectivity index (χ3n) is 3.90. The first-order valence-corrected chi connectivity index (χ1v) is 7.74. The van der Waals surface area contributed by atoms with Gasteiger partial charge >= 0.3 is 0 Å². The van der Waals surface area contributed by atoms with E-state index in [1.165, 1.54) is 11.1 Å². The summed E-state index contributed by atoms with van der Waals surface area (Å²) in [6.45, 7) is 7.43. The van der Waals surface area contributed by atoms with Crippen LogP contribution in [0.2, 0.25) is 0 Å². The lowest BCUT2D eigenvalue weighted by Crippen LogP contribution is -2.36. The van der Waals surface area contributed by atoms with Gasteiger partial charge in [0.25, 0.3) is 5.91 Å². The molecule has 5 heteroatoms. The highest BCUT2D eigenvalue weighted by atomic mass is 16.2. The molecule has 1 N–H and O–H groups in total. The van der Waals surface area contributed by atoms with E-state index in [4.69, 9.17) is 0 Å². The maximum absolute atomic E-state index is 12.8. The summed E-state index contributed by atoms with van der Waals surface area (Å²) in [6.07, 6.45) is 2.61. The van der Waals surface area contributed by atoms with Crippen LogP contribution in [0.5, 0.6) is 0 Å². The first-order valence-electron chi connectivity index (χ1n) is 7.74. The van der Waals surface area contributed by atoms with E-state index in [9.17, 15) is 4.79 Å². The number of benzene rings is 1. The van der Waals surface area contributed by atoms with Crippen LogP contribution >= 0.6 is 0 Å². The Morgan fingerprint density at radius 3 is 2.91 bits per heavy atom. The fourth-order valence-corrected chi connectivity index (χ4v) is 2.75. The summed E-state index contributed by atoms with van der Waals surface area (Å²) in [5, 5.41) is 3.04. The Balaban J connectivity index is 1.81. The van der Waals surface area contributed by atoms with E-state index in [-0.39, 0.29) is 5.91 Å². The van der Waals surface area contributed by atoms with Crippen LogP contribution in [0, 0.1) is 6.92 Å². The Labute approximate surface area is 136 Å². The van der Waals surface area contributed by atoms with Crippen molar-refractivity contribution in [2.45, 2.75) is 19.9 Å². The first kappa shape index (κ1) is 15.2. The summed E-state index contributed by atoms with van der Waals surface area (Å²) in [7, 11) is 0. The van der Waals surface area contributed by atoms with E-state index in [0.717, 1.165) is 12.1 Å². The van der Waals surface area contributed by atoms with Crippen LogP contribution in [0.4, 0.5) is 5.95 Å². The van der Waals surface area contributed by atoms with Crippen LogP contribution in [-0.2, 0) is 13.0 Å². The molecule has 0 spiro atoms. The number of hydrogen-bond donors (Lipinski definition) is 1. The van der Waals surface area contributed by atoms with Crippen LogP contribution in [0.1, 0.15) is 27.3 Å². The molecule has 0 aliphatic carbocycles. The molecule has 0 saturated carbocycles. The maximum atomic E-state index is 12.8. The summed E-state index contributed by atoms with van der Waals surface area (Å²) in [6, 6.07) is 10.0. The third kappa shape index (κ3) is 3.39. The van der Waals surface area contributed by atoms with Gasteiger partial charge in [0.1, 0.15) is 5.69 Å². The average molecular weight is 308 g/mol. The molecule has 1 aromatic heterocycles. The van der Waals surface area contributed by atoms with Gasteiger partial charge in [-0.15, -0.1) is 6.58 Å². The molecule has 1 aliphatic heterocycles. The summed E-state index contributed by atoms with van der Waals surface area (Å²) < 4.78 is 0. The smallest absolute Gasteiger partial charge is 0.272 e. The van der Waals surface area contributed by atoms with Gasteiger partial charge in [0.15, 0.2) is 0 Å².